The molecule has 0 amide bonds. The van der Waals surface area contributed by atoms with E-state index in [4.69, 9.17) is 0 Å². The fourth-order valence-corrected chi connectivity index (χ4v) is 6.34. The van der Waals surface area contributed by atoms with Crippen molar-refractivity contribution in [3.05, 3.63) is 121 Å². The summed E-state index contributed by atoms with van der Waals surface area (Å²) in [5.74, 6) is 0. The van der Waals surface area contributed by atoms with E-state index in [1.54, 1.807) is 0 Å². The quantitative estimate of drug-likeness (QED) is 0.275. The molecule has 5 aromatic carbocycles. The first-order valence-corrected chi connectivity index (χ1v) is 12.3. The molecule has 0 fully saturated rings. The summed E-state index contributed by atoms with van der Waals surface area (Å²) in [6, 6.07) is 41.7. The van der Waals surface area contributed by atoms with E-state index in [0.717, 1.165) is 0 Å². The highest BCUT2D eigenvalue weighted by atomic mass is 32.1. The van der Waals surface area contributed by atoms with Gasteiger partial charge < -0.3 is 4.98 Å². The van der Waals surface area contributed by atoms with E-state index >= 15 is 0 Å². The molecule has 0 aliphatic carbocycles. The molecule has 160 valence electrons. The van der Waals surface area contributed by atoms with Crippen molar-refractivity contribution in [2.75, 3.05) is 0 Å². The van der Waals surface area contributed by atoms with Crippen molar-refractivity contribution < 1.29 is 0 Å². The number of benzene rings is 5. The minimum Gasteiger partial charge on any atom is -0.360 e. The maximum absolute atomic E-state index is 3.45. The average molecular weight is 452 g/mol. The predicted molar refractivity (Wildman–Crippen MR) is 147 cm³/mol. The highest BCUT2D eigenvalue weighted by Crippen LogP contribution is 2.43. The minimum absolute atomic E-state index is 1.23. The maximum Gasteiger partial charge on any atom is 0.0635 e. The van der Waals surface area contributed by atoms with Crippen LogP contribution in [0.15, 0.2) is 121 Å². The van der Waals surface area contributed by atoms with Gasteiger partial charge in [-0.1, -0.05) is 91.0 Å². The molecule has 7 aromatic rings. The summed E-state index contributed by atoms with van der Waals surface area (Å²) in [5.41, 5.74) is 8.71. The van der Waals surface area contributed by atoms with E-state index < -0.39 is 0 Å². The van der Waals surface area contributed by atoms with Gasteiger partial charge >= 0.3 is 0 Å². The summed E-state index contributed by atoms with van der Waals surface area (Å²) in [6.45, 7) is 0. The monoisotopic (exact) mass is 451 g/mol. The first-order valence-electron chi connectivity index (χ1n) is 11.5. The molecule has 0 aliphatic rings. The number of hydrogen-bond acceptors (Lipinski definition) is 1. The van der Waals surface area contributed by atoms with Crippen molar-refractivity contribution in [2.24, 2.45) is 0 Å². The smallest absolute Gasteiger partial charge is 0.0635 e. The van der Waals surface area contributed by atoms with Crippen molar-refractivity contribution in [2.45, 2.75) is 0 Å². The van der Waals surface area contributed by atoms with E-state index in [0.29, 0.717) is 0 Å². The van der Waals surface area contributed by atoms with Gasteiger partial charge in [0.05, 0.1) is 10.2 Å². The van der Waals surface area contributed by atoms with Gasteiger partial charge in [-0.3, -0.25) is 0 Å². The molecule has 0 atom stereocenters. The van der Waals surface area contributed by atoms with Crippen molar-refractivity contribution in [3.8, 4) is 33.4 Å². The van der Waals surface area contributed by atoms with Crippen LogP contribution in [0.4, 0.5) is 0 Å². The molecule has 1 nitrogen and oxygen atoms in total. The third kappa shape index (κ3) is 3.07. The molecule has 7 rings (SSSR count). The van der Waals surface area contributed by atoms with Gasteiger partial charge in [0, 0.05) is 27.1 Å². The largest absolute Gasteiger partial charge is 0.360 e. The van der Waals surface area contributed by atoms with Gasteiger partial charge in [-0.05, 0) is 57.6 Å². The Bertz CT molecular complexity index is 1730. The summed E-state index contributed by atoms with van der Waals surface area (Å²) in [6.07, 6.45) is 2.03. The minimum atomic E-state index is 1.23. The molecule has 2 heteroatoms. The van der Waals surface area contributed by atoms with Crippen LogP contribution in [0, 0.1) is 0 Å². The molecular weight excluding hydrogens is 430 g/mol. The second kappa shape index (κ2) is 7.72. The van der Waals surface area contributed by atoms with Gasteiger partial charge in [0.25, 0.3) is 0 Å². The van der Waals surface area contributed by atoms with E-state index in [1.807, 2.05) is 17.5 Å². The molecule has 0 radical (unpaired) electrons. The molecular formula is C32H21NS. The third-order valence-electron chi connectivity index (χ3n) is 6.65. The van der Waals surface area contributed by atoms with Crippen LogP contribution in [0.1, 0.15) is 0 Å². The SMILES string of the molecule is c1ccc(-c2cc(-c3ccccc3)cc(-c3cccc4c3sc3c4ccc4cc[nH]c43)c2)cc1. The summed E-state index contributed by atoms with van der Waals surface area (Å²) in [4.78, 5) is 3.45. The molecule has 0 spiro atoms. The normalized spacial score (nSPS) is 11.5. The van der Waals surface area contributed by atoms with E-state index in [2.05, 4.69) is 120 Å². The fraction of sp³-hybridized carbons (Fsp3) is 0. The van der Waals surface area contributed by atoms with Crippen LogP contribution in [0.5, 0.6) is 0 Å². The molecule has 0 aliphatic heterocycles. The lowest BCUT2D eigenvalue weighted by Crippen LogP contribution is -1.86. The average Bonchev–Trinajstić information content (AvgIpc) is 3.54. The highest BCUT2D eigenvalue weighted by molar-refractivity contribution is 7.27. The van der Waals surface area contributed by atoms with Crippen molar-refractivity contribution in [1.82, 2.24) is 4.98 Å². The molecule has 0 saturated heterocycles. The number of H-pyrrole nitrogens is 1. The second-order valence-electron chi connectivity index (χ2n) is 8.70. The number of nitrogens with one attached hydrogen (secondary N) is 1. The van der Waals surface area contributed by atoms with Gasteiger partial charge in [0.15, 0.2) is 0 Å². The standard InChI is InChI=1S/C32H21NS/c1-3-8-21(9-4-1)24-18-25(22-10-5-2-6-11-22)20-26(19-24)27-12-7-13-28-29-15-14-23-16-17-33-30(23)32(29)34-31(27)28/h1-20,33H. The summed E-state index contributed by atoms with van der Waals surface area (Å²) in [7, 11) is 0. The summed E-state index contributed by atoms with van der Waals surface area (Å²) in [5, 5.41) is 3.90. The zero-order valence-corrected chi connectivity index (χ0v) is 19.3. The molecule has 1 N–H and O–H groups in total. The van der Waals surface area contributed by atoms with Crippen LogP contribution in [0.2, 0.25) is 0 Å². The highest BCUT2D eigenvalue weighted by Gasteiger charge is 2.14. The van der Waals surface area contributed by atoms with Crippen LogP contribution < -0.4 is 0 Å². The number of rotatable bonds is 3. The molecule has 34 heavy (non-hydrogen) atoms. The van der Waals surface area contributed by atoms with E-state index in [1.165, 1.54) is 64.5 Å². The van der Waals surface area contributed by atoms with Crippen LogP contribution in [-0.4, -0.2) is 4.98 Å². The van der Waals surface area contributed by atoms with Gasteiger partial charge in [-0.15, -0.1) is 11.3 Å². The van der Waals surface area contributed by atoms with Gasteiger partial charge in [0.2, 0.25) is 0 Å². The second-order valence-corrected chi connectivity index (χ2v) is 9.72. The fourth-order valence-electron chi connectivity index (χ4n) is 4.98. The molecule has 0 unspecified atom stereocenters. The Hall–Kier alpha value is -4.14. The number of aromatic amines is 1. The van der Waals surface area contributed by atoms with Gasteiger partial charge in [-0.25, -0.2) is 0 Å². The van der Waals surface area contributed by atoms with Crippen LogP contribution in [-0.2, 0) is 0 Å². The molecule has 0 bridgehead atoms. The lowest BCUT2D eigenvalue weighted by atomic mass is 9.93. The predicted octanol–water partition coefficient (Wildman–Crippen LogP) is 9.54. The Morgan fingerprint density at radius 2 is 1.12 bits per heavy atom. The number of aromatic nitrogens is 1. The van der Waals surface area contributed by atoms with E-state index in [-0.39, 0.29) is 0 Å². The topological polar surface area (TPSA) is 15.8 Å². The Labute approximate surface area is 201 Å². The van der Waals surface area contributed by atoms with Crippen LogP contribution in [0.25, 0.3) is 64.5 Å². The molecule has 0 saturated carbocycles. The van der Waals surface area contributed by atoms with Gasteiger partial charge in [0.1, 0.15) is 0 Å². The van der Waals surface area contributed by atoms with Crippen molar-refractivity contribution >= 4 is 42.4 Å². The van der Waals surface area contributed by atoms with Crippen LogP contribution in [0.3, 0.4) is 0 Å². The Kier molecular flexibility index (Phi) is 4.39. The summed E-state index contributed by atoms with van der Waals surface area (Å²) >= 11 is 1.89. The number of thiophene rings is 1. The van der Waals surface area contributed by atoms with E-state index in [9.17, 15) is 0 Å². The molecule has 2 heterocycles. The zero-order chi connectivity index (χ0) is 22.5. The Morgan fingerprint density at radius 3 is 1.82 bits per heavy atom. The number of hydrogen-bond donors (Lipinski definition) is 1. The van der Waals surface area contributed by atoms with Crippen molar-refractivity contribution in [1.29, 1.82) is 0 Å². The Morgan fingerprint density at radius 1 is 0.471 bits per heavy atom. The lowest BCUT2D eigenvalue weighted by molar-refractivity contribution is 1.50. The summed E-state index contributed by atoms with van der Waals surface area (Å²) < 4.78 is 2.66. The van der Waals surface area contributed by atoms with Gasteiger partial charge in [-0.2, -0.15) is 0 Å². The molecule has 2 aromatic heterocycles. The third-order valence-corrected chi connectivity index (χ3v) is 7.92. The number of fused-ring (bicyclic) bond motifs is 5. The first kappa shape index (κ1) is 19.3. The Balaban J connectivity index is 1.52. The maximum atomic E-state index is 3.45. The van der Waals surface area contributed by atoms with Crippen LogP contribution >= 0.6 is 11.3 Å². The van der Waals surface area contributed by atoms with Crippen molar-refractivity contribution in [3.63, 3.8) is 0 Å². The zero-order valence-electron chi connectivity index (χ0n) is 18.5. The lowest BCUT2D eigenvalue weighted by Gasteiger charge is -2.12. The first-order chi connectivity index (χ1) is 16.8.